The van der Waals surface area contributed by atoms with Crippen LogP contribution in [0.1, 0.15) is 37.0 Å². The largest absolute Gasteiger partial charge is 0.486 e. The highest BCUT2D eigenvalue weighted by atomic mass is 16.6. The third-order valence-corrected chi connectivity index (χ3v) is 2.86. The van der Waals surface area contributed by atoms with Crippen LogP contribution in [0.5, 0.6) is 11.5 Å². The zero-order valence-electron chi connectivity index (χ0n) is 10.9. The number of hydrogen-bond donors (Lipinski definition) is 1. The Kier molecular flexibility index (Phi) is 3.57. The van der Waals surface area contributed by atoms with Crippen LogP contribution in [0.25, 0.3) is 0 Å². The Labute approximate surface area is 107 Å². The van der Waals surface area contributed by atoms with Crippen LogP contribution in [0.15, 0.2) is 18.2 Å². The molecule has 1 aromatic rings. The average molecular weight is 249 g/mol. The normalized spacial score (nSPS) is 14.4. The summed E-state index contributed by atoms with van der Waals surface area (Å²) in [5.41, 5.74) is 6.22. The van der Waals surface area contributed by atoms with E-state index >= 15 is 0 Å². The molecule has 0 unspecified atom stereocenters. The molecule has 2 N–H and O–H groups in total. The Bertz CT molecular complexity index is 449. The van der Waals surface area contributed by atoms with E-state index in [1.807, 2.05) is 13.8 Å². The van der Waals surface area contributed by atoms with Gasteiger partial charge in [0.25, 0.3) is 0 Å². The number of hydrogen-bond acceptors (Lipinski definition) is 4. The Morgan fingerprint density at radius 1 is 1.28 bits per heavy atom. The van der Waals surface area contributed by atoms with Gasteiger partial charge in [0.1, 0.15) is 13.2 Å². The molecule has 2 rings (SSSR count). The Morgan fingerprint density at radius 3 is 2.61 bits per heavy atom. The molecule has 0 saturated carbocycles. The van der Waals surface area contributed by atoms with Crippen molar-refractivity contribution in [1.29, 1.82) is 0 Å². The molecule has 0 spiro atoms. The van der Waals surface area contributed by atoms with Crippen molar-refractivity contribution < 1.29 is 14.3 Å². The van der Waals surface area contributed by atoms with Crippen LogP contribution in [-0.4, -0.2) is 24.5 Å². The van der Waals surface area contributed by atoms with Crippen LogP contribution in [0, 0.1) is 0 Å². The molecule has 0 aromatic heterocycles. The lowest BCUT2D eigenvalue weighted by Crippen LogP contribution is -2.32. The van der Waals surface area contributed by atoms with Crippen LogP contribution in [-0.2, 0) is 0 Å². The predicted molar refractivity (Wildman–Crippen MR) is 69.3 cm³/mol. The van der Waals surface area contributed by atoms with Crippen molar-refractivity contribution in [3.05, 3.63) is 23.8 Å². The second-order valence-corrected chi connectivity index (χ2v) is 5.27. The number of carbonyl (C=O) groups excluding carboxylic acids is 1. The predicted octanol–water partition coefficient (Wildman–Crippen LogP) is 2.16. The fraction of sp³-hybridized carbons (Fsp3) is 0.500. The molecular formula is C14H19NO3. The van der Waals surface area contributed by atoms with Gasteiger partial charge >= 0.3 is 0 Å². The molecule has 0 radical (unpaired) electrons. The van der Waals surface area contributed by atoms with Gasteiger partial charge in [0.05, 0.1) is 0 Å². The molecule has 0 saturated heterocycles. The van der Waals surface area contributed by atoms with E-state index < -0.39 is 0 Å². The first-order valence-electron chi connectivity index (χ1n) is 6.17. The van der Waals surface area contributed by atoms with Gasteiger partial charge in [-0.15, -0.1) is 0 Å². The van der Waals surface area contributed by atoms with Crippen molar-refractivity contribution in [2.75, 3.05) is 13.2 Å². The van der Waals surface area contributed by atoms with Crippen LogP contribution in [0.3, 0.4) is 0 Å². The van der Waals surface area contributed by atoms with Crippen LogP contribution in [0.2, 0.25) is 0 Å². The van der Waals surface area contributed by atoms with Gasteiger partial charge in [-0.25, -0.2) is 0 Å². The zero-order valence-corrected chi connectivity index (χ0v) is 10.9. The third-order valence-electron chi connectivity index (χ3n) is 2.86. The molecule has 1 aliphatic rings. The molecule has 4 nitrogen and oxygen atoms in total. The number of nitrogens with two attached hydrogens (primary N) is 1. The van der Waals surface area contributed by atoms with Crippen LogP contribution < -0.4 is 15.2 Å². The molecule has 0 bridgehead atoms. The maximum Gasteiger partial charge on any atom is 0.163 e. The highest BCUT2D eigenvalue weighted by Crippen LogP contribution is 2.31. The second-order valence-electron chi connectivity index (χ2n) is 5.27. The van der Waals surface area contributed by atoms with Gasteiger partial charge < -0.3 is 15.2 Å². The van der Waals surface area contributed by atoms with Gasteiger partial charge in [-0.1, -0.05) is 0 Å². The van der Waals surface area contributed by atoms with Crippen LogP contribution in [0.4, 0.5) is 0 Å². The van der Waals surface area contributed by atoms with Gasteiger partial charge in [0.15, 0.2) is 17.3 Å². The van der Waals surface area contributed by atoms with Gasteiger partial charge in [-0.3, -0.25) is 4.79 Å². The number of fused-ring (bicyclic) bond motifs is 1. The number of rotatable bonds is 4. The summed E-state index contributed by atoms with van der Waals surface area (Å²) in [5, 5.41) is 0. The smallest absolute Gasteiger partial charge is 0.163 e. The Hall–Kier alpha value is -1.55. The number of ether oxygens (including phenoxy) is 2. The summed E-state index contributed by atoms with van der Waals surface area (Å²) in [6, 6.07) is 5.31. The summed E-state index contributed by atoms with van der Waals surface area (Å²) in [4.78, 5) is 12.0. The molecule has 0 aliphatic carbocycles. The lowest BCUT2D eigenvalue weighted by atomic mass is 9.96. The highest BCUT2D eigenvalue weighted by molar-refractivity contribution is 5.96. The number of ketones is 1. The first-order valence-corrected chi connectivity index (χ1v) is 6.17. The maximum absolute atomic E-state index is 12.0. The third kappa shape index (κ3) is 3.23. The Morgan fingerprint density at radius 2 is 1.94 bits per heavy atom. The molecule has 1 heterocycles. The quantitative estimate of drug-likeness (QED) is 0.831. The SMILES string of the molecule is CC(C)(N)CCC(=O)c1ccc2c(c1)OCCO2. The standard InChI is InChI=1S/C14H19NO3/c1-14(2,15)6-5-11(16)10-3-4-12-13(9-10)18-8-7-17-12/h3-4,9H,5-8,15H2,1-2H3. The number of Topliss-reactive ketones (excluding diaryl/α,β-unsaturated/α-hetero) is 1. The van der Waals surface area contributed by atoms with Crippen LogP contribution >= 0.6 is 0 Å². The zero-order chi connectivity index (χ0) is 13.2. The molecule has 18 heavy (non-hydrogen) atoms. The molecule has 1 aromatic carbocycles. The summed E-state index contributed by atoms with van der Waals surface area (Å²) >= 11 is 0. The van der Waals surface area contributed by atoms with Gasteiger partial charge in [0.2, 0.25) is 0 Å². The fourth-order valence-electron chi connectivity index (χ4n) is 1.80. The molecular weight excluding hydrogens is 230 g/mol. The van der Waals surface area contributed by atoms with E-state index in [4.69, 9.17) is 15.2 Å². The number of carbonyl (C=O) groups is 1. The fourth-order valence-corrected chi connectivity index (χ4v) is 1.80. The second kappa shape index (κ2) is 4.98. The van der Waals surface area contributed by atoms with E-state index in [-0.39, 0.29) is 11.3 Å². The molecule has 0 fully saturated rings. The number of benzene rings is 1. The first kappa shape index (κ1) is 12.9. The van der Waals surface area contributed by atoms with Crippen molar-refractivity contribution in [2.45, 2.75) is 32.2 Å². The molecule has 98 valence electrons. The van der Waals surface area contributed by atoms with E-state index in [1.165, 1.54) is 0 Å². The summed E-state index contributed by atoms with van der Waals surface area (Å²) in [7, 11) is 0. The van der Waals surface area contributed by atoms with E-state index in [1.54, 1.807) is 18.2 Å². The van der Waals surface area contributed by atoms with Gasteiger partial charge in [-0.05, 0) is 38.5 Å². The minimum atomic E-state index is -0.316. The van der Waals surface area contributed by atoms with E-state index in [2.05, 4.69) is 0 Å². The minimum Gasteiger partial charge on any atom is -0.486 e. The van der Waals surface area contributed by atoms with Crippen molar-refractivity contribution in [2.24, 2.45) is 5.73 Å². The molecule has 0 atom stereocenters. The molecule has 0 amide bonds. The maximum atomic E-state index is 12.0. The average Bonchev–Trinajstić information content (AvgIpc) is 2.34. The van der Waals surface area contributed by atoms with Gasteiger partial charge in [0, 0.05) is 17.5 Å². The van der Waals surface area contributed by atoms with Crippen molar-refractivity contribution >= 4 is 5.78 Å². The lowest BCUT2D eigenvalue weighted by Gasteiger charge is -2.19. The Balaban J connectivity index is 2.07. The summed E-state index contributed by atoms with van der Waals surface area (Å²) in [6.07, 6.45) is 1.11. The van der Waals surface area contributed by atoms with E-state index in [9.17, 15) is 4.79 Å². The molecule has 4 heteroatoms. The summed E-state index contributed by atoms with van der Waals surface area (Å²) in [5.74, 6) is 1.45. The topological polar surface area (TPSA) is 61.6 Å². The minimum absolute atomic E-state index is 0.0884. The summed E-state index contributed by atoms with van der Waals surface area (Å²) < 4.78 is 10.9. The highest BCUT2D eigenvalue weighted by Gasteiger charge is 2.17. The lowest BCUT2D eigenvalue weighted by molar-refractivity contribution is 0.0971. The monoisotopic (exact) mass is 249 g/mol. The van der Waals surface area contributed by atoms with Gasteiger partial charge in [-0.2, -0.15) is 0 Å². The molecule has 1 aliphatic heterocycles. The van der Waals surface area contributed by atoms with Crippen molar-refractivity contribution in [3.63, 3.8) is 0 Å². The van der Waals surface area contributed by atoms with Crippen molar-refractivity contribution in [3.8, 4) is 11.5 Å². The van der Waals surface area contributed by atoms with Crippen molar-refractivity contribution in [1.82, 2.24) is 0 Å². The van der Waals surface area contributed by atoms with E-state index in [0.717, 1.165) is 0 Å². The summed E-state index contributed by atoms with van der Waals surface area (Å²) in [6.45, 7) is 4.93. The van der Waals surface area contributed by atoms with E-state index in [0.29, 0.717) is 43.1 Å². The first-order chi connectivity index (χ1) is 8.46.